The predicted molar refractivity (Wildman–Crippen MR) is 85.5 cm³/mol. The molecule has 0 aromatic heterocycles. The SMILES string of the molecule is C[C@H](OC(=O)c1ccc(F)cc1N)C(=O)N(C)[C@H]1CCS(=O)(=O)C1. The lowest BCUT2D eigenvalue weighted by atomic mass is 10.1. The predicted octanol–water partition coefficient (Wildman–Crippen LogP) is 0.599. The third-order valence-electron chi connectivity index (χ3n) is 3.97. The zero-order valence-corrected chi connectivity index (χ0v) is 14.2. The van der Waals surface area contributed by atoms with E-state index in [-0.39, 0.29) is 22.8 Å². The largest absolute Gasteiger partial charge is 0.449 e. The van der Waals surface area contributed by atoms with E-state index in [0.717, 1.165) is 12.1 Å². The average Bonchev–Trinajstić information content (AvgIpc) is 2.85. The van der Waals surface area contributed by atoms with Crippen molar-refractivity contribution in [2.24, 2.45) is 0 Å². The molecule has 1 aliphatic rings. The smallest absolute Gasteiger partial charge is 0.341 e. The molecule has 0 unspecified atom stereocenters. The summed E-state index contributed by atoms with van der Waals surface area (Å²) in [6.07, 6.45) is -0.758. The minimum absolute atomic E-state index is 0.0373. The minimum Gasteiger partial charge on any atom is -0.449 e. The van der Waals surface area contributed by atoms with E-state index >= 15 is 0 Å². The molecule has 1 aliphatic heterocycles. The van der Waals surface area contributed by atoms with Crippen molar-refractivity contribution in [2.75, 3.05) is 24.3 Å². The molecule has 132 valence electrons. The summed E-state index contributed by atoms with van der Waals surface area (Å²) >= 11 is 0. The van der Waals surface area contributed by atoms with E-state index in [0.29, 0.717) is 6.42 Å². The van der Waals surface area contributed by atoms with Crippen molar-refractivity contribution in [3.05, 3.63) is 29.6 Å². The maximum atomic E-state index is 13.0. The molecule has 7 nitrogen and oxygen atoms in total. The summed E-state index contributed by atoms with van der Waals surface area (Å²) in [4.78, 5) is 25.6. The van der Waals surface area contributed by atoms with Gasteiger partial charge in [-0.1, -0.05) is 0 Å². The number of halogens is 1. The van der Waals surface area contributed by atoms with Gasteiger partial charge in [0.15, 0.2) is 15.9 Å². The van der Waals surface area contributed by atoms with Gasteiger partial charge in [0.1, 0.15) is 5.82 Å². The third-order valence-corrected chi connectivity index (χ3v) is 5.72. The van der Waals surface area contributed by atoms with Crippen molar-refractivity contribution in [3.8, 4) is 0 Å². The van der Waals surface area contributed by atoms with E-state index in [1.807, 2.05) is 0 Å². The minimum atomic E-state index is -3.13. The average molecular weight is 358 g/mol. The number of hydrogen-bond donors (Lipinski definition) is 1. The fourth-order valence-corrected chi connectivity index (χ4v) is 4.32. The molecule has 0 saturated carbocycles. The van der Waals surface area contributed by atoms with Crippen LogP contribution in [-0.4, -0.2) is 55.9 Å². The highest BCUT2D eigenvalue weighted by Gasteiger charge is 2.35. The van der Waals surface area contributed by atoms with Gasteiger partial charge in [0.2, 0.25) is 0 Å². The Kier molecular flexibility index (Phi) is 5.12. The molecule has 0 spiro atoms. The van der Waals surface area contributed by atoms with Gasteiger partial charge in [0.25, 0.3) is 5.91 Å². The number of esters is 1. The maximum absolute atomic E-state index is 13.0. The van der Waals surface area contributed by atoms with E-state index in [9.17, 15) is 22.4 Å². The number of carbonyl (C=O) groups is 2. The van der Waals surface area contributed by atoms with Gasteiger partial charge in [-0.15, -0.1) is 0 Å². The molecular weight excluding hydrogens is 339 g/mol. The van der Waals surface area contributed by atoms with Crippen LogP contribution in [0.4, 0.5) is 10.1 Å². The number of nitrogens with zero attached hydrogens (tertiary/aromatic N) is 1. The van der Waals surface area contributed by atoms with E-state index < -0.39 is 39.7 Å². The van der Waals surface area contributed by atoms with Crippen LogP contribution in [0.5, 0.6) is 0 Å². The van der Waals surface area contributed by atoms with Gasteiger partial charge in [-0.3, -0.25) is 4.79 Å². The number of sulfone groups is 1. The summed E-state index contributed by atoms with van der Waals surface area (Å²) in [5.74, 6) is -2.00. The molecule has 24 heavy (non-hydrogen) atoms. The Morgan fingerprint density at radius 2 is 2.08 bits per heavy atom. The van der Waals surface area contributed by atoms with Gasteiger partial charge in [-0.2, -0.15) is 0 Å². The highest BCUT2D eigenvalue weighted by Crippen LogP contribution is 2.19. The zero-order chi connectivity index (χ0) is 18.1. The molecule has 2 N–H and O–H groups in total. The van der Waals surface area contributed by atoms with Gasteiger partial charge in [-0.05, 0) is 31.5 Å². The van der Waals surface area contributed by atoms with Crippen LogP contribution in [0.2, 0.25) is 0 Å². The number of ether oxygens (including phenoxy) is 1. The third kappa shape index (κ3) is 4.02. The second kappa shape index (κ2) is 6.76. The van der Waals surface area contributed by atoms with E-state index in [1.165, 1.54) is 24.9 Å². The molecular formula is C15H19FN2O5S. The van der Waals surface area contributed by atoms with Crippen LogP contribution in [0.1, 0.15) is 23.7 Å². The first-order valence-electron chi connectivity index (χ1n) is 7.34. The van der Waals surface area contributed by atoms with E-state index in [1.54, 1.807) is 0 Å². The molecule has 1 fully saturated rings. The fourth-order valence-electron chi connectivity index (χ4n) is 2.54. The van der Waals surface area contributed by atoms with Gasteiger partial charge >= 0.3 is 5.97 Å². The molecule has 1 heterocycles. The summed E-state index contributed by atoms with van der Waals surface area (Å²) in [5.41, 5.74) is 5.43. The molecule has 0 bridgehead atoms. The first-order valence-corrected chi connectivity index (χ1v) is 9.16. The van der Waals surface area contributed by atoms with Crippen molar-refractivity contribution >= 4 is 27.4 Å². The van der Waals surface area contributed by atoms with Crippen molar-refractivity contribution < 1.29 is 27.1 Å². The van der Waals surface area contributed by atoms with Gasteiger partial charge in [0.05, 0.1) is 17.1 Å². The van der Waals surface area contributed by atoms with Crippen LogP contribution in [0.25, 0.3) is 0 Å². The van der Waals surface area contributed by atoms with Gasteiger partial charge in [-0.25, -0.2) is 17.6 Å². The summed E-state index contributed by atoms with van der Waals surface area (Å²) < 4.78 is 41.1. The highest BCUT2D eigenvalue weighted by molar-refractivity contribution is 7.91. The lowest BCUT2D eigenvalue weighted by molar-refractivity contribution is -0.140. The molecule has 1 aromatic rings. The standard InChI is InChI=1S/C15H19FN2O5S/c1-9(14(19)18(2)11-5-6-24(21,22)8-11)23-15(20)12-4-3-10(16)7-13(12)17/h3-4,7,9,11H,5-6,8,17H2,1-2H3/t9-,11-/m0/s1. The number of rotatable bonds is 4. The summed E-state index contributed by atoms with van der Waals surface area (Å²) in [7, 11) is -1.65. The molecule has 2 rings (SSSR count). The lowest BCUT2D eigenvalue weighted by Crippen LogP contribution is -2.44. The number of nitrogen functional groups attached to an aromatic ring is 1. The van der Waals surface area contributed by atoms with Crippen LogP contribution in [0.15, 0.2) is 18.2 Å². The lowest BCUT2D eigenvalue weighted by Gasteiger charge is -2.26. The summed E-state index contributed by atoms with van der Waals surface area (Å²) in [5, 5.41) is 0. The normalized spacial score (nSPS) is 20.4. The summed E-state index contributed by atoms with van der Waals surface area (Å²) in [6.45, 7) is 1.39. The first kappa shape index (κ1) is 18.2. The molecule has 1 amide bonds. The van der Waals surface area contributed by atoms with Crippen molar-refractivity contribution in [3.63, 3.8) is 0 Å². The number of likely N-dealkylation sites (N-methyl/N-ethyl adjacent to an activating group) is 1. The number of nitrogens with two attached hydrogens (primary N) is 1. The van der Waals surface area contributed by atoms with Crippen LogP contribution in [0, 0.1) is 5.82 Å². The Bertz CT molecular complexity index is 765. The molecule has 2 atom stereocenters. The number of amides is 1. The quantitative estimate of drug-likeness (QED) is 0.624. The molecule has 1 saturated heterocycles. The first-order chi connectivity index (χ1) is 11.1. The zero-order valence-electron chi connectivity index (χ0n) is 13.4. The Morgan fingerprint density at radius 3 is 2.62 bits per heavy atom. The van der Waals surface area contributed by atoms with Crippen molar-refractivity contribution in [1.82, 2.24) is 4.90 Å². The highest BCUT2D eigenvalue weighted by atomic mass is 32.2. The second-order valence-corrected chi connectivity index (χ2v) is 8.01. The fraction of sp³-hybridized carbons (Fsp3) is 0.467. The molecule has 0 radical (unpaired) electrons. The molecule has 9 heteroatoms. The maximum Gasteiger partial charge on any atom is 0.341 e. The molecule has 0 aliphatic carbocycles. The number of hydrogen-bond acceptors (Lipinski definition) is 6. The van der Waals surface area contributed by atoms with Crippen LogP contribution in [-0.2, 0) is 19.4 Å². The van der Waals surface area contributed by atoms with Crippen LogP contribution >= 0.6 is 0 Å². The number of benzene rings is 1. The van der Waals surface area contributed by atoms with Crippen LogP contribution in [0.3, 0.4) is 0 Å². The monoisotopic (exact) mass is 358 g/mol. The number of carbonyl (C=O) groups excluding carboxylic acids is 2. The summed E-state index contributed by atoms with van der Waals surface area (Å²) in [6, 6.07) is 2.80. The Balaban J connectivity index is 2.02. The van der Waals surface area contributed by atoms with Crippen molar-refractivity contribution in [2.45, 2.75) is 25.5 Å². The topological polar surface area (TPSA) is 107 Å². The van der Waals surface area contributed by atoms with E-state index in [4.69, 9.17) is 10.5 Å². The Morgan fingerprint density at radius 1 is 1.42 bits per heavy atom. The molecule has 1 aromatic carbocycles. The Hall–Kier alpha value is -2.16. The van der Waals surface area contributed by atoms with Crippen molar-refractivity contribution in [1.29, 1.82) is 0 Å². The van der Waals surface area contributed by atoms with E-state index in [2.05, 4.69) is 0 Å². The number of anilines is 1. The Labute approximate surface area is 139 Å². The second-order valence-electron chi connectivity index (χ2n) is 5.79. The van der Waals surface area contributed by atoms with Gasteiger partial charge in [0, 0.05) is 18.8 Å². The van der Waals surface area contributed by atoms with Crippen LogP contribution < -0.4 is 5.73 Å². The van der Waals surface area contributed by atoms with Gasteiger partial charge < -0.3 is 15.4 Å².